The third kappa shape index (κ3) is 5.89. The number of ketones is 1. The Hall–Kier alpha value is -3.25. The molecule has 0 radical (unpaired) electrons. The Morgan fingerprint density at radius 2 is 1.65 bits per heavy atom. The molecule has 160 valence electrons. The lowest BCUT2D eigenvalue weighted by Crippen LogP contribution is -2.00. The van der Waals surface area contributed by atoms with Gasteiger partial charge in [0.15, 0.2) is 5.78 Å². The molecule has 3 aromatic carbocycles. The fourth-order valence-electron chi connectivity index (χ4n) is 3.00. The summed E-state index contributed by atoms with van der Waals surface area (Å²) in [6, 6.07) is 18.4. The van der Waals surface area contributed by atoms with E-state index in [1.54, 1.807) is 38.5 Å². The van der Waals surface area contributed by atoms with E-state index in [4.69, 9.17) is 18.9 Å². The normalized spacial score (nSPS) is 10.7. The lowest BCUT2D eigenvalue weighted by atomic mass is 10.1. The minimum absolute atomic E-state index is 0.182. The van der Waals surface area contributed by atoms with Crippen molar-refractivity contribution in [2.24, 2.45) is 0 Å². The fourth-order valence-corrected chi connectivity index (χ4v) is 3.38. The van der Waals surface area contributed by atoms with Crippen LogP contribution in [0.4, 0.5) is 0 Å². The molecule has 3 rings (SSSR count). The van der Waals surface area contributed by atoms with Gasteiger partial charge in [-0.05, 0) is 60.2 Å². The van der Waals surface area contributed by atoms with Gasteiger partial charge in [-0.15, -0.1) is 0 Å². The van der Waals surface area contributed by atoms with Gasteiger partial charge >= 0.3 is 0 Å². The standard InChI is InChI=1S/C25H23BrO5/c1-28-20-9-12-25(30-3)22(15-20)23(27)10-7-17-8-11-24(29-2)18(13-17)16-31-21-6-4-5-19(26)14-21/h4-15H,16H2,1-3H3/b10-7+. The zero-order chi connectivity index (χ0) is 22.2. The maximum atomic E-state index is 12.7. The predicted molar refractivity (Wildman–Crippen MR) is 124 cm³/mol. The number of hydrogen-bond donors (Lipinski definition) is 0. The van der Waals surface area contributed by atoms with E-state index < -0.39 is 0 Å². The molecule has 3 aromatic rings. The number of hydrogen-bond acceptors (Lipinski definition) is 5. The second kappa shape index (κ2) is 10.7. The van der Waals surface area contributed by atoms with Crippen LogP contribution in [0, 0.1) is 0 Å². The second-order valence-corrected chi connectivity index (χ2v) is 7.50. The first kappa shape index (κ1) is 22.4. The highest BCUT2D eigenvalue weighted by atomic mass is 79.9. The number of ether oxygens (including phenoxy) is 4. The van der Waals surface area contributed by atoms with Crippen molar-refractivity contribution in [3.63, 3.8) is 0 Å². The number of rotatable bonds is 9. The van der Waals surface area contributed by atoms with Crippen LogP contribution in [0.2, 0.25) is 0 Å². The molecule has 0 bridgehead atoms. The van der Waals surface area contributed by atoms with Crippen molar-refractivity contribution >= 4 is 27.8 Å². The maximum Gasteiger partial charge on any atom is 0.189 e. The first-order valence-electron chi connectivity index (χ1n) is 9.53. The Morgan fingerprint density at radius 3 is 2.35 bits per heavy atom. The molecule has 0 aliphatic heterocycles. The summed E-state index contributed by atoms with van der Waals surface area (Å²) < 4.78 is 22.8. The van der Waals surface area contributed by atoms with Gasteiger partial charge in [0.25, 0.3) is 0 Å². The van der Waals surface area contributed by atoms with Gasteiger partial charge in [-0.1, -0.05) is 34.1 Å². The monoisotopic (exact) mass is 482 g/mol. The van der Waals surface area contributed by atoms with E-state index in [1.165, 1.54) is 13.2 Å². The molecule has 0 amide bonds. The second-order valence-electron chi connectivity index (χ2n) is 6.58. The summed E-state index contributed by atoms with van der Waals surface area (Å²) in [6.07, 6.45) is 3.27. The Morgan fingerprint density at radius 1 is 0.871 bits per heavy atom. The zero-order valence-corrected chi connectivity index (χ0v) is 19.1. The molecule has 0 N–H and O–H groups in total. The summed E-state index contributed by atoms with van der Waals surface area (Å²) in [4.78, 5) is 12.7. The number of methoxy groups -OCH3 is 3. The third-order valence-corrected chi connectivity index (χ3v) is 5.09. The van der Waals surface area contributed by atoms with Crippen LogP contribution >= 0.6 is 15.9 Å². The summed E-state index contributed by atoms with van der Waals surface area (Å²) in [5.41, 5.74) is 2.16. The number of allylic oxidation sites excluding steroid dienone is 1. The number of carbonyl (C=O) groups is 1. The van der Waals surface area contributed by atoms with Gasteiger partial charge in [0, 0.05) is 10.0 Å². The Balaban J connectivity index is 1.79. The van der Waals surface area contributed by atoms with Crippen molar-refractivity contribution in [1.29, 1.82) is 0 Å². The summed E-state index contributed by atoms with van der Waals surface area (Å²) in [5.74, 6) is 2.37. The third-order valence-electron chi connectivity index (χ3n) is 4.59. The van der Waals surface area contributed by atoms with Crippen molar-refractivity contribution in [2.45, 2.75) is 6.61 Å². The SMILES string of the molecule is COc1ccc(OC)c(C(=O)/C=C/c2ccc(OC)c(COc3cccc(Br)c3)c2)c1. The molecule has 0 aliphatic carbocycles. The lowest BCUT2D eigenvalue weighted by molar-refractivity contribution is 0.104. The quantitative estimate of drug-likeness (QED) is 0.278. The van der Waals surface area contributed by atoms with Crippen molar-refractivity contribution < 1.29 is 23.7 Å². The minimum atomic E-state index is -0.182. The molecule has 0 saturated carbocycles. The van der Waals surface area contributed by atoms with Crippen LogP contribution in [0.15, 0.2) is 71.2 Å². The molecule has 0 atom stereocenters. The molecule has 31 heavy (non-hydrogen) atoms. The maximum absolute atomic E-state index is 12.7. The van der Waals surface area contributed by atoms with Gasteiger partial charge in [0.2, 0.25) is 0 Å². The number of halogens is 1. The molecule has 0 fully saturated rings. The van der Waals surface area contributed by atoms with E-state index in [0.29, 0.717) is 29.4 Å². The molecule has 0 aromatic heterocycles. The van der Waals surface area contributed by atoms with Gasteiger partial charge in [-0.25, -0.2) is 0 Å². The highest BCUT2D eigenvalue weighted by Crippen LogP contribution is 2.26. The fraction of sp³-hybridized carbons (Fsp3) is 0.160. The molecule has 0 unspecified atom stereocenters. The van der Waals surface area contributed by atoms with Crippen molar-refractivity contribution in [1.82, 2.24) is 0 Å². The highest BCUT2D eigenvalue weighted by molar-refractivity contribution is 9.10. The van der Waals surface area contributed by atoms with Gasteiger partial charge < -0.3 is 18.9 Å². The van der Waals surface area contributed by atoms with Gasteiger partial charge in [-0.3, -0.25) is 4.79 Å². The number of benzene rings is 3. The lowest BCUT2D eigenvalue weighted by Gasteiger charge is -2.11. The molecule has 5 nitrogen and oxygen atoms in total. The van der Waals surface area contributed by atoms with Gasteiger partial charge in [0.1, 0.15) is 29.6 Å². The first-order valence-corrected chi connectivity index (χ1v) is 10.3. The molecule has 0 aliphatic rings. The largest absolute Gasteiger partial charge is 0.497 e. The Bertz CT molecular complexity index is 1090. The van der Waals surface area contributed by atoms with Crippen LogP contribution in [-0.2, 0) is 6.61 Å². The van der Waals surface area contributed by atoms with E-state index in [1.807, 2.05) is 42.5 Å². The van der Waals surface area contributed by atoms with E-state index in [2.05, 4.69) is 15.9 Å². The van der Waals surface area contributed by atoms with Crippen LogP contribution in [-0.4, -0.2) is 27.1 Å². The van der Waals surface area contributed by atoms with Crippen LogP contribution < -0.4 is 18.9 Å². The van der Waals surface area contributed by atoms with Crippen LogP contribution in [0.3, 0.4) is 0 Å². The zero-order valence-electron chi connectivity index (χ0n) is 17.6. The molecule has 6 heteroatoms. The van der Waals surface area contributed by atoms with Crippen LogP contribution in [0.25, 0.3) is 6.08 Å². The average molecular weight is 483 g/mol. The Kier molecular flexibility index (Phi) is 7.73. The summed E-state index contributed by atoms with van der Waals surface area (Å²) >= 11 is 3.44. The molecule has 0 spiro atoms. The molecular formula is C25H23BrO5. The van der Waals surface area contributed by atoms with Crippen molar-refractivity contribution in [3.05, 3.63) is 87.9 Å². The van der Waals surface area contributed by atoms with E-state index >= 15 is 0 Å². The summed E-state index contributed by atoms with van der Waals surface area (Å²) in [6.45, 7) is 0.332. The average Bonchev–Trinajstić information content (AvgIpc) is 2.80. The summed E-state index contributed by atoms with van der Waals surface area (Å²) in [5, 5.41) is 0. The minimum Gasteiger partial charge on any atom is -0.497 e. The summed E-state index contributed by atoms with van der Waals surface area (Å²) in [7, 11) is 4.70. The molecule has 0 heterocycles. The van der Waals surface area contributed by atoms with Crippen LogP contribution in [0.1, 0.15) is 21.5 Å². The predicted octanol–water partition coefficient (Wildman–Crippen LogP) is 5.95. The van der Waals surface area contributed by atoms with E-state index in [-0.39, 0.29) is 5.78 Å². The van der Waals surface area contributed by atoms with Gasteiger partial charge in [-0.2, -0.15) is 0 Å². The van der Waals surface area contributed by atoms with E-state index in [9.17, 15) is 4.79 Å². The molecular weight excluding hydrogens is 460 g/mol. The van der Waals surface area contributed by atoms with Crippen molar-refractivity contribution in [2.75, 3.05) is 21.3 Å². The first-order chi connectivity index (χ1) is 15.0. The van der Waals surface area contributed by atoms with E-state index in [0.717, 1.165) is 21.3 Å². The van der Waals surface area contributed by atoms with Gasteiger partial charge in [0.05, 0.1) is 26.9 Å². The Labute approximate surface area is 190 Å². The topological polar surface area (TPSA) is 54.0 Å². The van der Waals surface area contributed by atoms with Crippen molar-refractivity contribution in [3.8, 4) is 23.0 Å². The number of carbonyl (C=O) groups excluding carboxylic acids is 1. The van der Waals surface area contributed by atoms with Crippen LogP contribution in [0.5, 0.6) is 23.0 Å². The molecule has 0 saturated heterocycles. The smallest absolute Gasteiger partial charge is 0.189 e. The highest BCUT2D eigenvalue weighted by Gasteiger charge is 2.11.